The molecule has 2 atom stereocenters. The first-order valence-electron chi connectivity index (χ1n) is 4.33. The number of hydrogen-bond donors (Lipinski definition) is 4. The van der Waals surface area contributed by atoms with Gasteiger partial charge in [0, 0.05) is 6.42 Å². The van der Waals surface area contributed by atoms with Crippen LogP contribution in [0.3, 0.4) is 0 Å². The van der Waals surface area contributed by atoms with Gasteiger partial charge in [0.15, 0.2) is 17.7 Å². The molecule has 0 bridgehead atoms. The molecule has 0 aliphatic heterocycles. The van der Waals surface area contributed by atoms with Crippen LogP contribution in [0, 0.1) is 0 Å². The molecule has 6 N–H and O–H groups in total. The van der Waals surface area contributed by atoms with E-state index in [-0.39, 0.29) is 32.2 Å². The molecule has 0 aromatic heterocycles. The second kappa shape index (κ2) is 5.82. The molecule has 0 heterocycles. The number of carbonyl (C=O) groups is 2. The van der Waals surface area contributed by atoms with Gasteiger partial charge in [0.1, 0.15) is 6.10 Å². The molecule has 0 aliphatic carbocycles. The van der Waals surface area contributed by atoms with Crippen LogP contribution in [0.1, 0.15) is 12.8 Å². The summed E-state index contributed by atoms with van der Waals surface area (Å²) in [6, 6.07) is 0. The summed E-state index contributed by atoms with van der Waals surface area (Å²) in [6.45, 7) is 0.0841. The van der Waals surface area contributed by atoms with E-state index in [4.69, 9.17) is 11.5 Å². The third-order valence-corrected chi connectivity index (χ3v) is 1.89. The van der Waals surface area contributed by atoms with Gasteiger partial charge in [-0.3, -0.25) is 9.59 Å². The lowest BCUT2D eigenvalue weighted by Crippen LogP contribution is -2.48. The van der Waals surface area contributed by atoms with Gasteiger partial charge in [0.2, 0.25) is 0 Å². The number of aliphatic hydroxyl groups is 2. The van der Waals surface area contributed by atoms with Crippen molar-refractivity contribution in [3.8, 4) is 0 Å². The number of carbonyl (C=O) groups excluding carboxylic acids is 2. The molecule has 0 fully saturated rings. The van der Waals surface area contributed by atoms with E-state index >= 15 is 0 Å². The highest BCUT2D eigenvalue weighted by molar-refractivity contribution is 6.03. The summed E-state index contributed by atoms with van der Waals surface area (Å²) in [6.07, 6.45) is -1.50. The standard InChI is InChI=1S/C8H16N2O4/c9-3-1-6(12)7(13)8(14,5-11)2-4-10/h5-6,12,14H,1-4,9-10H2/t6-,8+/m1/s1. The van der Waals surface area contributed by atoms with Crippen LogP contribution in [-0.4, -0.2) is 47.1 Å². The van der Waals surface area contributed by atoms with Crippen molar-refractivity contribution in [2.45, 2.75) is 24.5 Å². The number of aldehydes is 1. The highest BCUT2D eigenvalue weighted by atomic mass is 16.3. The zero-order valence-electron chi connectivity index (χ0n) is 7.85. The van der Waals surface area contributed by atoms with Crippen LogP contribution in [-0.2, 0) is 9.59 Å². The Morgan fingerprint density at radius 2 is 2.00 bits per heavy atom. The normalized spacial score (nSPS) is 17.1. The first-order valence-corrected chi connectivity index (χ1v) is 4.33. The topological polar surface area (TPSA) is 127 Å². The zero-order valence-corrected chi connectivity index (χ0v) is 7.85. The molecule has 6 nitrogen and oxygen atoms in total. The number of hydrogen-bond acceptors (Lipinski definition) is 6. The van der Waals surface area contributed by atoms with E-state index < -0.39 is 17.5 Å². The Labute approximate surface area is 81.9 Å². The molecule has 0 saturated carbocycles. The average molecular weight is 204 g/mol. The van der Waals surface area contributed by atoms with Crippen molar-refractivity contribution < 1.29 is 19.8 Å². The molecule has 0 rings (SSSR count). The van der Waals surface area contributed by atoms with Crippen molar-refractivity contribution >= 4 is 12.1 Å². The van der Waals surface area contributed by atoms with Crippen molar-refractivity contribution in [3.63, 3.8) is 0 Å². The molecule has 0 unspecified atom stereocenters. The maximum Gasteiger partial charge on any atom is 0.200 e. The number of rotatable bonds is 7. The summed E-state index contributed by atoms with van der Waals surface area (Å²) >= 11 is 0. The molecule has 82 valence electrons. The molecule has 0 saturated heterocycles. The van der Waals surface area contributed by atoms with Gasteiger partial charge in [-0.25, -0.2) is 0 Å². The highest BCUT2D eigenvalue weighted by Gasteiger charge is 2.38. The SMILES string of the molecule is NCC[C@@H](O)C(=O)[C@@](O)(C=O)CCN. The minimum atomic E-state index is -2.18. The minimum Gasteiger partial charge on any atom is -0.385 e. The number of Topliss-reactive ketones (excluding diaryl/α,β-unsaturated/α-hetero) is 1. The van der Waals surface area contributed by atoms with Crippen molar-refractivity contribution in [2.24, 2.45) is 11.5 Å². The third-order valence-electron chi connectivity index (χ3n) is 1.89. The van der Waals surface area contributed by atoms with E-state index in [1.807, 2.05) is 0 Å². The Morgan fingerprint density at radius 3 is 2.36 bits per heavy atom. The van der Waals surface area contributed by atoms with E-state index in [2.05, 4.69) is 0 Å². The van der Waals surface area contributed by atoms with Crippen molar-refractivity contribution in [2.75, 3.05) is 13.1 Å². The van der Waals surface area contributed by atoms with E-state index in [1.165, 1.54) is 0 Å². The van der Waals surface area contributed by atoms with Crippen LogP contribution in [0.5, 0.6) is 0 Å². The predicted octanol–water partition coefficient (Wildman–Crippen LogP) is -2.46. The second-order valence-electron chi connectivity index (χ2n) is 3.04. The van der Waals surface area contributed by atoms with Crippen LogP contribution in [0.4, 0.5) is 0 Å². The van der Waals surface area contributed by atoms with Gasteiger partial charge in [-0.1, -0.05) is 0 Å². The smallest absolute Gasteiger partial charge is 0.200 e. The van der Waals surface area contributed by atoms with Gasteiger partial charge in [-0.2, -0.15) is 0 Å². The highest BCUT2D eigenvalue weighted by Crippen LogP contribution is 2.11. The van der Waals surface area contributed by atoms with Crippen molar-refractivity contribution in [1.29, 1.82) is 0 Å². The third kappa shape index (κ3) is 3.15. The molecule has 0 radical (unpaired) electrons. The van der Waals surface area contributed by atoms with Crippen LogP contribution in [0.15, 0.2) is 0 Å². The van der Waals surface area contributed by atoms with Gasteiger partial charge in [0.05, 0.1) is 0 Å². The Kier molecular flexibility index (Phi) is 5.47. The molecule has 0 aromatic carbocycles. The fourth-order valence-electron chi connectivity index (χ4n) is 1.04. The first kappa shape index (κ1) is 13.2. The van der Waals surface area contributed by atoms with Gasteiger partial charge >= 0.3 is 0 Å². The Morgan fingerprint density at radius 1 is 1.43 bits per heavy atom. The molecule has 6 heteroatoms. The fourth-order valence-corrected chi connectivity index (χ4v) is 1.04. The Hall–Kier alpha value is -0.820. The zero-order chi connectivity index (χ0) is 11.2. The van der Waals surface area contributed by atoms with Gasteiger partial charge < -0.3 is 21.7 Å². The molecule has 0 aliphatic rings. The molecular formula is C8H16N2O4. The molecule has 0 spiro atoms. The summed E-state index contributed by atoms with van der Waals surface area (Å²) in [4.78, 5) is 21.8. The van der Waals surface area contributed by atoms with Gasteiger partial charge in [0.25, 0.3) is 0 Å². The number of nitrogens with two attached hydrogens (primary N) is 2. The van der Waals surface area contributed by atoms with Crippen LogP contribution in [0.25, 0.3) is 0 Å². The summed E-state index contributed by atoms with van der Waals surface area (Å²) in [5.74, 6) is -0.941. The van der Waals surface area contributed by atoms with E-state index in [1.54, 1.807) is 0 Å². The summed E-state index contributed by atoms with van der Waals surface area (Å²) in [7, 11) is 0. The number of ketones is 1. The van der Waals surface area contributed by atoms with E-state index in [0.717, 1.165) is 0 Å². The Balaban J connectivity index is 4.51. The lowest BCUT2D eigenvalue weighted by Gasteiger charge is -2.22. The summed E-state index contributed by atoms with van der Waals surface area (Å²) in [5.41, 5.74) is 8.07. The number of aliphatic hydroxyl groups excluding tert-OH is 1. The van der Waals surface area contributed by atoms with Crippen LogP contribution < -0.4 is 11.5 Å². The Bertz CT molecular complexity index is 210. The van der Waals surface area contributed by atoms with Crippen LogP contribution in [0.2, 0.25) is 0 Å². The predicted molar refractivity (Wildman–Crippen MR) is 49.4 cm³/mol. The molecular weight excluding hydrogens is 188 g/mol. The lowest BCUT2D eigenvalue weighted by molar-refractivity contribution is -0.151. The first-order chi connectivity index (χ1) is 6.51. The molecule has 0 amide bonds. The quantitative estimate of drug-likeness (QED) is 0.269. The van der Waals surface area contributed by atoms with Gasteiger partial charge in [-0.05, 0) is 19.5 Å². The van der Waals surface area contributed by atoms with Gasteiger partial charge in [-0.15, -0.1) is 0 Å². The molecule has 14 heavy (non-hydrogen) atoms. The van der Waals surface area contributed by atoms with Crippen molar-refractivity contribution in [1.82, 2.24) is 0 Å². The minimum absolute atomic E-state index is 0.0134. The largest absolute Gasteiger partial charge is 0.385 e. The monoisotopic (exact) mass is 204 g/mol. The maximum atomic E-state index is 11.3. The maximum absolute atomic E-state index is 11.3. The lowest BCUT2D eigenvalue weighted by atomic mass is 9.91. The van der Waals surface area contributed by atoms with E-state index in [0.29, 0.717) is 0 Å². The fraction of sp³-hybridized carbons (Fsp3) is 0.750. The van der Waals surface area contributed by atoms with Crippen LogP contribution >= 0.6 is 0 Å². The molecule has 0 aromatic rings. The van der Waals surface area contributed by atoms with E-state index in [9.17, 15) is 19.8 Å². The van der Waals surface area contributed by atoms with Crippen molar-refractivity contribution in [3.05, 3.63) is 0 Å². The summed E-state index contributed by atoms with van der Waals surface area (Å²) < 4.78 is 0. The summed E-state index contributed by atoms with van der Waals surface area (Å²) in [5, 5.41) is 18.7. The second-order valence-corrected chi connectivity index (χ2v) is 3.04. The average Bonchev–Trinajstić information content (AvgIpc) is 2.17.